The number of hydrogen-bond acceptors (Lipinski definition) is 3. The van der Waals surface area contributed by atoms with Crippen molar-refractivity contribution in [2.24, 2.45) is 0 Å². The Hall–Kier alpha value is -1.72. The molecule has 0 atom stereocenters. The monoisotopic (exact) mass is 692 g/mol. The summed E-state index contributed by atoms with van der Waals surface area (Å²) in [6.07, 6.45) is 0. The minimum absolute atomic E-state index is 0.0131. The Morgan fingerprint density at radius 1 is 0.571 bits per heavy atom. The second-order valence-electron chi connectivity index (χ2n) is 8.38. The van der Waals surface area contributed by atoms with Crippen molar-refractivity contribution in [3.8, 4) is 0 Å². The molecule has 0 unspecified atom stereocenters. The molecule has 1 aliphatic heterocycles. The van der Waals surface area contributed by atoms with Crippen LogP contribution in [-0.2, 0) is 9.53 Å². The van der Waals surface area contributed by atoms with Gasteiger partial charge in [0.1, 0.15) is 0 Å². The zero-order chi connectivity index (χ0) is 33.8. The van der Waals surface area contributed by atoms with Gasteiger partial charge in [0.15, 0.2) is 0 Å². The first-order chi connectivity index (χ1) is 18.2. The normalized spacial score (nSPS) is 18.3. The standard InChI is InChI=1S/C17H13ClF20N2O2/c18-17(37,38)16(35,36)15(33,34)14(31,32)13(29,30)12(27,28)11(25,26)10(23,24)9(21,22)8(19,20)7(41)39-1-2-40-3-5-42-6-4-40/h1-6H2,(H,39,41). The number of halogens is 21. The van der Waals surface area contributed by atoms with Gasteiger partial charge in [0.2, 0.25) is 0 Å². The fraction of sp³-hybridized carbons (Fsp3) is 0.941. The molecule has 1 rings (SSSR count). The van der Waals surface area contributed by atoms with Crippen LogP contribution in [0.15, 0.2) is 0 Å². The van der Waals surface area contributed by atoms with Crippen molar-refractivity contribution in [2.75, 3.05) is 39.4 Å². The van der Waals surface area contributed by atoms with Gasteiger partial charge in [-0.05, 0) is 11.6 Å². The number of nitrogens with zero attached hydrogens (tertiary/aromatic N) is 1. The van der Waals surface area contributed by atoms with Crippen molar-refractivity contribution in [2.45, 2.75) is 58.7 Å². The van der Waals surface area contributed by atoms with Crippen LogP contribution in [0.2, 0.25) is 0 Å². The number of morpholine rings is 1. The number of alkyl halides is 21. The molecule has 42 heavy (non-hydrogen) atoms. The lowest BCUT2D eigenvalue weighted by atomic mass is 9.86. The highest BCUT2D eigenvalue weighted by molar-refractivity contribution is 6.22. The number of amides is 1. The summed E-state index contributed by atoms with van der Waals surface area (Å²) < 4.78 is 275. The second kappa shape index (κ2) is 11.0. The van der Waals surface area contributed by atoms with E-state index in [0.717, 1.165) is 5.32 Å². The Labute approximate surface area is 224 Å². The zero-order valence-electron chi connectivity index (χ0n) is 19.4. The summed E-state index contributed by atoms with van der Waals surface area (Å²) >= 11 is 3.34. The first-order valence-corrected chi connectivity index (χ1v) is 10.7. The van der Waals surface area contributed by atoms with Crippen LogP contribution in [0.5, 0.6) is 0 Å². The van der Waals surface area contributed by atoms with Crippen molar-refractivity contribution in [1.29, 1.82) is 0 Å². The van der Waals surface area contributed by atoms with Gasteiger partial charge < -0.3 is 10.1 Å². The number of carbonyl (C=O) groups is 1. The van der Waals surface area contributed by atoms with Crippen LogP contribution < -0.4 is 5.32 Å². The Bertz CT molecular complexity index is 976. The summed E-state index contributed by atoms with van der Waals surface area (Å²) in [4.78, 5) is 12.6. The molecule has 0 aromatic carbocycles. The van der Waals surface area contributed by atoms with Gasteiger partial charge in [-0.15, -0.1) is 0 Å². The first-order valence-electron chi connectivity index (χ1n) is 10.3. The summed E-state index contributed by atoms with van der Waals surface area (Å²) in [5.74, 6) is -81.0. The molecule has 0 spiro atoms. The predicted octanol–water partition coefficient (Wildman–Crippen LogP) is 5.98. The molecule has 1 N–H and O–H groups in total. The molecule has 1 fully saturated rings. The third kappa shape index (κ3) is 5.40. The van der Waals surface area contributed by atoms with Crippen molar-refractivity contribution in [3.05, 3.63) is 0 Å². The van der Waals surface area contributed by atoms with Gasteiger partial charge in [0.05, 0.1) is 13.2 Å². The quantitative estimate of drug-likeness (QED) is 0.191. The SMILES string of the molecule is O=C(NCCN1CCOCC1)C(F)(F)C(F)(F)C(F)(F)C(F)(F)C(F)(F)C(F)(F)C(F)(F)C(F)(F)C(F)(F)C(F)(F)Cl. The molecule has 4 nitrogen and oxygen atoms in total. The van der Waals surface area contributed by atoms with Crippen molar-refractivity contribution < 1.29 is 97.3 Å². The molecule has 1 heterocycles. The Morgan fingerprint density at radius 3 is 1.21 bits per heavy atom. The maximum Gasteiger partial charge on any atom is 0.393 e. The van der Waals surface area contributed by atoms with Crippen LogP contribution >= 0.6 is 11.6 Å². The van der Waals surface area contributed by atoms with Gasteiger partial charge in [-0.2, -0.15) is 87.8 Å². The molecule has 250 valence electrons. The highest BCUT2D eigenvalue weighted by atomic mass is 35.5. The predicted molar refractivity (Wildman–Crippen MR) is 95.6 cm³/mol. The molecule has 0 saturated carbocycles. The van der Waals surface area contributed by atoms with E-state index >= 15 is 0 Å². The van der Waals surface area contributed by atoms with Crippen molar-refractivity contribution in [1.82, 2.24) is 10.2 Å². The van der Waals surface area contributed by atoms with E-state index in [4.69, 9.17) is 4.74 Å². The summed E-state index contributed by atoms with van der Waals surface area (Å²) in [6, 6.07) is 0. The molecule has 0 bridgehead atoms. The van der Waals surface area contributed by atoms with Crippen molar-refractivity contribution >= 4 is 17.5 Å². The van der Waals surface area contributed by atoms with E-state index in [-0.39, 0.29) is 26.3 Å². The van der Waals surface area contributed by atoms with E-state index in [0.29, 0.717) is 0 Å². The van der Waals surface area contributed by atoms with Crippen LogP contribution in [-0.4, -0.2) is 109 Å². The van der Waals surface area contributed by atoms with Gasteiger partial charge in [-0.1, -0.05) is 0 Å². The van der Waals surface area contributed by atoms with Gasteiger partial charge in [0.25, 0.3) is 5.91 Å². The number of carbonyl (C=O) groups excluding carboxylic acids is 1. The third-order valence-corrected chi connectivity index (χ3v) is 5.85. The molecular weight excluding hydrogens is 680 g/mol. The lowest BCUT2D eigenvalue weighted by molar-refractivity contribution is -0.464. The third-order valence-electron chi connectivity index (χ3n) is 5.61. The van der Waals surface area contributed by atoms with Crippen LogP contribution in [0, 0.1) is 0 Å². The molecule has 0 aromatic rings. The lowest BCUT2D eigenvalue weighted by Gasteiger charge is -2.44. The summed E-state index contributed by atoms with van der Waals surface area (Å²) in [6.45, 7) is -1.63. The molecule has 1 saturated heterocycles. The highest BCUT2D eigenvalue weighted by Crippen LogP contribution is 2.66. The minimum atomic E-state index is -9.17. The van der Waals surface area contributed by atoms with E-state index in [2.05, 4.69) is 11.6 Å². The number of hydrogen-bond donors (Lipinski definition) is 1. The molecule has 0 aliphatic carbocycles. The fourth-order valence-electron chi connectivity index (χ4n) is 2.96. The molecule has 1 aliphatic rings. The molecular formula is C17H13ClF20N2O2. The highest BCUT2D eigenvalue weighted by Gasteiger charge is 2.98. The maximum atomic E-state index is 13.9. The smallest absolute Gasteiger partial charge is 0.379 e. The zero-order valence-corrected chi connectivity index (χ0v) is 20.2. The van der Waals surface area contributed by atoms with E-state index in [1.165, 1.54) is 4.90 Å². The van der Waals surface area contributed by atoms with E-state index in [1.54, 1.807) is 0 Å². The van der Waals surface area contributed by atoms with Gasteiger partial charge in [-0.25, -0.2) is 0 Å². The largest absolute Gasteiger partial charge is 0.393 e. The fourth-order valence-corrected chi connectivity index (χ4v) is 3.08. The topological polar surface area (TPSA) is 41.6 Å². The van der Waals surface area contributed by atoms with Crippen LogP contribution in [0.3, 0.4) is 0 Å². The van der Waals surface area contributed by atoms with E-state index < -0.39 is 77.7 Å². The number of rotatable bonds is 13. The van der Waals surface area contributed by atoms with Crippen LogP contribution in [0.1, 0.15) is 0 Å². The number of ether oxygens (including phenoxy) is 1. The molecule has 25 heteroatoms. The summed E-state index contributed by atoms with van der Waals surface area (Å²) in [7, 11) is 0. The van der Waals surface area contributed by atoms with Crippen LogP contribution in [0.4, 0.5) is 87.8 Å². The van der Waals surface area contributed by atoms with E-state index in [9.17, 15) is 92.6 Å². The average Bonchev–Trinajstić information content (AvgIpc) is 2.82. The van der Waals surface area contributed by atoms with Crippen LogP contribution in [0.25, 0.3) is 0 Å². The Balaban J connectivity index is 3.49. The average molecular weight is 693 g/mol. The maximum absolute atomic E-state index is 13.9. The second-order valence-corrected chi connectivity index (χ2v) is 8.85. The summed E-state index contributed by atoms with van der Waals surface area (Å²) in [5.41, 5.74) is 0. The van der Waals surface area contributed by atoms with Crippen molar-refractivity contribution in [3.63, 3.8) is 0 Å². The Morgan fingerprint density at radius 2 is 0.881 bits per heavy atom. The Kier molecular flexibility index (Phi) is 10.0. The number of nitrogens with one attached hydrogen (secondary N) is 1. The summed E-state index contributed by atoms with van der Waals surface area (Å²) in [5, 5.41) is -6.28. The molecule has 0 aromatic heterocycles. The first kappa shape index (κ1) is 38.3. The van der Waals surface area contributed by atoms with E-state index in [1.807, 2.05) is 0 Å². The molecule has 0 radical (unpaired) electrons. The lowest BCUT2D eigenvalue weighted by Crippen LogP contribution is -2.77. The molecule has 1 amide bonds. The van der Waals surface area contributed by atoms with Gasteiger partial charge in [0, 0.05) is 26.2 Å². The minimum Gasteiger partial charge on any atom is -0.379 e. The van der Waals surface area contributed by atoms with Gasteiger partial charge in [-0.3, -0.25) is 9.69 Å². The van der Waals surface area contributed by atoms with Gasteiger partial charge >= 0.3 is 58.7 Å².